The van der Waals surface area contributed by atoms with Crippen molar-refractivity contribution in [1.82, 2.24) is 4.72 Å². The number of rotatable bonds is 3. The Kier molecular flexibility index (Phi) is 7.01. The number of thiol groups is 1. The lowest BCUT2D eigenvalue weighted by Crippen LogP contribution is -2.12. The van der Waals surface area contributed by atoms with Crippen LogP contribution in [0.2, 0.25) is 0 Å². The third-order valence-electron chi connectivity index (χ3n) is 2.73. The first kappa shape index (κ1) is 17.0. The molecule has 1 unspecified atom stereocenters. The summed E-state index contributed by atoms with van der Waals surface area (Å²) < 4.78 is 14.7. The van der Waals surface area contributed by atoms with Crippen molar-refractivity contribution in [1.29, 1.82) is 0 Å². The van der Waals surface area contributed by atoms with Crippen LogP contribution in [0.1, 0.15) is 0 Å². The molecule has 0 aliphatic carbocycles. The monoisotopic (exact) mass is 312 g/mol. The van der Waals surface area contributed by atoms with Crippen LogP contribution in [0.4, 0.5) is 5.69 Å². The van der Waals surface area contributed by atoms with Gasteiger partial charge < -0.3 is 10.0 Å². The fourth-order valence-electron chi connectivity index (χ4n) is 1.93. The molecule has 0 heterocycles. The molecule has 2 N–H and O–H groups in total. The largest absolute Gasteiger partial charge is 0.386 e. The highest BCUT2D eigenvalue weighted by Crippen LogP contribution is 2.28. The van der Waals surface area contributed by atoms with E-state index in [1.807, 2.05) is 38.4 Å². The van der Waals surface area contributed by atoms with Gasteiger partial charge in [-0.1, -0.05) is 24.3 Å². The van der Waals surface area contributed by atoms with Crippen LogP contribution in [-0.2, 0) is 11.0 Å². The molecule has 0 aliphatic heterocycles. The Morgan fingerprint density at radius 3 is 2.30 bits per heavy atom. The van der Waals surface area contributed by atoms with Gasteiger partial charge in [0.1, 0.15) is 11.0 Å². The zero-order valence-corrected chi connectivity index (χ0v) is 13.5. The first-order chi connectivity index (χ1) is 9.56. The predicted molar refractivity (Wildman–Crippen MR) is 89.8 cm³/mol. The van der Waals surface area contributed by atoms with Crippen LogP contribution < -0.4 is 9.62 Å². The van der Waals surface area contributed by atoms with Crippen LogP contribution in [-0.4, -0.2) is 36.4 Å². The lowest BCUT2D eigenvalue weighted by Gasteiger charge is -2.16. The van der Waals surface area contributed by atoms with E-state index in [1.54, 1.807) is 7.05 Å². The molecule has 0 spiro atoms. The summed E-state index contributed by atoms with van der Waals surface area (Å²) >= 11 is 3.34. The maximum absolute atomic E-state index is 11.9. The number of nitrogens with one attached hydrogen (secondary N) is 1. The van der Waals surface area contributed by atoms with Crippen molar-refractivity contribution in [2.45, 2.75) is 4.90 Å². The molecule has 0 bridgehead atoms. The summed E-state index contributed by atoms with van der Waals surface area (Å²) in [5.41, 5.74) is 1.14. The van der Waals surface area contributed by atoms with Gasteiger partial charge in [-0.15, -0.1) is 0 Å². The minimum absolute atomic E-state index is 0.0556. The van der Waals surface area contributed by atoms with E-state index in [-0.39, 0.29) is 5.94 Å². The van der Waals surface area contributed by atoms with Crippen LogP contribution in [0.3, 0.4) is 0 Å². The molecule has 20 heavy (non-hydrogen) atoms. The number of nitrogens with zero attached hydrogens (tertiary/aromatic N) is 1. The van der Waals surface area contributed by atoms with Gasteiger partial charge in [-0.3, -0.25) is 0 Å². The van der Waals surface area contributed by atoms with Crippen LogP contribution in [0, 0.1) is 0 Å². The molecule has 2 aromatic carbocycles. The quantitative estimate of drug-likeness (QED) is 0.600. The second-order valence-electron chi connectivity index (χ2n) is 4.14. The molecule has 4 nitrogen and oxygen atoms in total. The summed E-state index contributed by atoms with van der Waals surface area (Å²) in [4.78, 5) is 2.89. The van der Waals surface area contributed by atoms with Crippen LogP contribution in [0.15, 0.2) is 41.3 Å². The van der Waals surface area contributed by atoms with Gasteiger partial charge in [0, 0.05) is 30.6 Å². The summed E-state index contributed by atoms with van der Waals surface area (Å²) in [7, 11) is 4.56. The number of anilines is 1. The first-order valence-corrected chi connectivity index (χ1v) is 7.85. The minimum atomic E-state index is -1.15. The molecule has 110 valence electrons. The fourth-order valence-corrected chi connectivity index (χ4v) is 2.73. The van der Waals surface area contributed by atoms with Crippen molar-refractivity contribution in [3.63, 3.8) is 0 Å². The summed E-state index contributed by atoms with van der Waals surface area (Å²) in [5, 5.41) is 9.59. The molecule has 1 atom stereocenters. The first-order valence-electron chi connectivity index (χ1n) is 6.06. The number of aliphatic hydroxyl groups excluding tert-OH is 1. The highest BCUT2D eigenvalue weighted by molar-refractivity contribution is 7.83. The molecular weight excluding hydrogens is 292 g/mol. The number of benzene rings is 2. The van der Waals surface area contributed by atoms with Crippen LogP contribution >= 0.6 is 12.6 Å². The zero-order valence-electron chi connectivity index (χ0n) is 11.8. The second-order valence-corrected chi connectivity index (χ2v) is 5.81. The SMILES string of the molecule is CNS(=O)c1cccc2c(N(C)C)cccc12.OCS. The van der Waals surface area contributed by atoms with E-state index in [1.165, 1.54) is 0 Å². The molecule has 0 saturated carbocycles. The summed E-state index contributed by atoms with van der Waals surface area (Å²) in [6.07, 6.45) is 0. The lowest BCUT2D eigenvalue weighted by molar-refractivity contribution is 0.377. The Labute approximate surface area is 127 Å². The van der Waals surface area contributed by atoms with Crippen LogP contribution in [0.25, 0.3) is 10.8 Å². The van der Waals surface area contributed by atoms with Gasteiger partial charge in [0.2, 0.25) is 0 Å². The lowest BCUT2D eigenvalue weighted by atomic mass is 10.1. The third-order valence-corrected chi connectivity index (χ3v) is 3.85. The van der Waals surface area contributed by atoms with E-state index in [0.717, 1.165) is 21.4 Å². The van der Waals surface area contributed by atoms with E-state index in [2.05, 4.69) is 34.4 Å². The zero-order chi connectivity index (χ0) is 15.1. The molecule has 6 heteroatoms. The van der Waals surface area contributed by atoms with Gasteiger partial charge in [-0.25, -0.2) is 8.93 Å². The van der Waals surface area contributed by atoms with Gasteiger partial charge in [-0.05, 0) is 19.2 Å². The highest BCUT2D eigenvalue weighted by atomic mass is 32.2. The van der Waals surface area contributed by atoms with Gasteiger partial charge in [0.05, 0.1) is 10.8 Å². The second kappa shape index (κ2) is 8.26. The third kappa shape index (κ3) is 3.96. The van der Waals surface area contributed by atoms with E-state index < -0.39 is 11.0 Å². The number of hydrogen-bond acceptors (Lipinski definition) is 4. The predicted octanol–water partition coefficient (Wildman–Crippen LogP) is 2.01. The van der Waals surface area contributed by atoms with Gasteiger partial charge in [-0.2, -0.15) is 12.6 Å². The van der Waals surface area contributed by atoms with Gasteiger partial charge >= 0.3 is 0 Å². The summed E-state index contributed by atoms with van der Waals surface area (Å²) in [5.74, 6) is -0.0556. The van der Waals surface area contributed by atoms with Crippen molar-refractivity contribution in [3.05, 3.63) is 36.4 Å². The Balaban J connectivity index is 0.000000612. The molecule has 0 radical (unpaired) electrons. The van der Waals surface area contributed by atoms with Crippen LogP contribution in [0.5, 0.6) is 0 Å². The Morgan fingerprint density at radius 2 is 1.75 bits per heavy atom. The number of fused-ring (bicyclic) bond motifs is 1. The van der Waals surface area contributed by atoms with Crippen molar-refractivity contribution in [2.24, 2.45) is 0 Å². The summed E-state index contributed by atoms with van der Waals surface area (Å²) in [6.45, 7) is 0. The maximum Gasteiger partial charge on any atom is 0.125 e. The minimum Gasteiger partial charge on any atom is -0.386 e. The van der Waals surface area contributed by atoms with E-state index in [0.29, 0.717) is 0 Å². The standard InChI is InChI=1S/C13H16N2OS.CH4OS/c1-14-17(16)13-9-5-6-10-11(13)7-4-8-12(10)15(2)3;2-1-3/h4-9,14H,1-3H3;2-3H,1H2. The van der Waals surface area contributed by atoms with E-state index >= 15 is 0 Å². The molecule has 0 aliphatic rings. The smallest absolute Gasteiger partial charge is 0.125 e. The Bertz CT molecular complexity index is 588. The van der Waals surface area contributed by atoms with Crippen molar-refractivity contribution >= 4 is 40.1 Å². The summed E-state index contributed by atoms with van der Waals surface area (Å²) in [6, 6.07) is 12.0. The van der Waals surface area contributed by atoms with Gasteiger partial charge in [0.25, 0.3) is 0 Å². The maximum atomic E-state index is 11.9. The topological polar surface area (TPSA) is 52.6 Å². The van der Waals surface area contributed by atoms with E-state index in [4.69, 9.17) is 5.11 Å². The van der Waals surface area contributed by atoms with Crippen molar-refractivity contribution in [3.8, 4) is 0 Å². The normalized spacial score (nSPS) is 11.7. The molecule has 0 saturated heterocycles. The number of hydrogen-bond donors (Lipinski definition) is 3. The highest BCUT2D eigenvalue weighted by Gasteiger charge is 2.09. The molecule has 0 aromatic heterocycles. The fraction of sp³-hybridized carbons (Fsp3) is 0.286. The molecule has 0 amide bonds. The molecule has 2 aromatic rings. The van der Waals surface area contributed by atoms with E-state index in [9.17, 15) is 4.21 Å². The van der Waals surface area contributed by atoms with Gasteiger partial charge in [0.15, 0.2) is 0 Å². The molecule has 2 rings (SSSR count). The van der Waals surface area contributed by atoms with Crippen molar-refractivity contribution in [2.75, 3.05) is 32.0 Å². The van der Waals surface area contributed by atoms with Crippen molar-refractivity contribution < 1.29 is 9.32 Å². The molecule has 0 fully saturated rings. The molecular formula is C14H20N2O2S2. The number of aliphatic hydroxyl groups is 1. The Morgan fingerprint density at radius 1 is 1.20 bits per heavy atom. The average Bonchev–Trinajstić information content (AvgIpc) is 2.45. The Hall–Kier alpha value is -1.08. The average molecular weight is 312 g/mol.